The van der Waals surface area contributed by atoms with Gasteiger partial charge in [0.15, 0.2) is 0 Å². The molecule has 88 valence electrons. The predicted octanol–water partition coefficient (Wildman–Crippen LogP) is 0.681. The van der Waals surface area contributed by atoms with Crippen molar-refractivity contribution in [1.82, 2.24) is 5.32 Å². The molecular weight excluding hydrogens is 210 g/mol. The van der Waals surface area contributed by atoms with Gasteiger partial charge in [0.2, 0.25) is 0 Å². The van der Waals surface area contributed by atoms with Crippen LogP contribution in [0.1, 0.15) is 29.0 Å². The Morgan fingerprint density at radius 2 is 2.44 bits per heavy atom. The molecule has 0 amide bonds. The minimum Gasteiger partial charge on any atom is -0.467 e. The third kappa shape index (κ3) is 2.25. The first-order valence-electron chi connectivity index (χ1n) is 5.21. The molecule has 1 fully saturated rings. The molecule has 0 spiro atoms. The minimum absolute atomic E-state index is 0.127. The lowest BCUT2D eigenvalue weighted by Gasteiger charge is -2.12. The molecule has 1 aliphatic rings. The Kier molecular flexibility index (Phi) is 2.98. The molecule has 1 heterocycles. The van der Waals surface area contributed by atoms with Crippen LogP contribution in [0.4, 0.5) is 0 Å². The van der Waals surface area contributed by atoms with Gasteiger partial charge < -0.3 is 19.6 Å². The normalized spacial score (nSPS) is 17.1. The molecule has 0 bridgehead atoms. The quantitative estimate of drug-likeness (QED) is 0.721. The van der Waals surface area contributed by atoms with Gasteiger partial charge in [-0.3, -0.25) is 0 Å². The summed E-state index contributed by atoms with van der Waals surface area (Å²) in [5.41, 5.74) is 0.284. The Bertz CT molecular complexity index is 381. The van der Waals surface area contributed by atoms with E-state index in [1.165, 1.54) is 13.4 Å². The van der Waals surface area contributed by atoms with Gasteiger partial charge in [-0.1, -0.05) is 0 Å². The van der Waals surface area contributed by atoms with E-state index < -0.39 is 5.97 Å². The van der Waals surface area contributed by atoms with Crippen LogP contribution in [-0.4, -0.2) is 30.3 Å². The number of carbonyl (C=O) groups is 1. The lowest BCUT2D eigenvalue weighted by Crippen LogP contribution is -2.33. The number of hydrogen-bond donors (Lipinski definition) is 2. The van der Waals surface area contributed by atoms with E-state index in [0.717, 1.165) is 12.8 Å². The Morgan fingerprint density at radius 3 is 3.00 bits per heavy atom. The van der Waals surface area contributed by atoms with E-state index >= 15 is 0 Å². The van der Waals surface area contributed by atoms with Crippen LogP contribution in [-0.2, 0) is 11.3 Å². The highest BCUT2D eigenvalue weighted by Crippen LogP contribution is 2.34. The lowest BCUT2D eigenvalue weighted by atomic mass is 10.2. The Labute approximate surface area is 93.4 Å². The molecule has 0 aliphatic heterocycles. The molecule has 5 nitrogen and oxygen atoms in total. The summed E-state index contributed by atoms with van der Waals surface area (Å²) in [4.78, 5) is 11.2. The Hall–Kier alpha value is -1.33. The van der Waals surface area contributed by atoms with Crippen LogP contribution in [0.2, 0.25) is 0 Å². The Balaban J connectivity index is 1.90. The van der Waals surface area contributed by atoms with Gasteiger partial charge in [-0.2, -0.15) is 0 Å². The van der Waals surface area contributed by atoms with Crippen molar-refractivity contribution in [2.45, 2.75) is 24.9 Å². The number of methoxy groups -OCH3 is 1. The van der Waals surface area contributed by atoms with Crippen molar-refractivity contribution in [2.75, 3.05) is 13.7 Å². The number of esters is 1. The summed E-state index contributed by atoms with van der Waals surface area (Å²) in [6.45, 7) is 0.648. The van der Waals surface area contributed by atoms with Crippen molar-refractivity contribution in [3.63, 3.8) is 0 Å². The number of furan rings is 1. The summed E-state index contributed by atoms with van der Waals surface area (Å²) in [5, 5.41) is 12.3. The van der Waals surface area contributed by atoms with Gasteiger partial charge >= 0.3 is 5.97 Å². The first kappa shape index (κ1) is 11.2. The summed E-state index contributed by atoms with van der Waals surface area (Å²) >= 11 is 0. The van der Waals surface area contributed by atoms with Gasteiger partial charge in [0.05, 0.1) is 25.8 Å². The zero-order chi connectivity index (χ0) is 11.6. The molecule has 1 aromatic rings. The second-order valence-electron chi connectivity index (χ2n) is 4.09. The molecule has 5 heteroatoms. The Morgan fingerprint density at radius 1 is 1.69 bits per heavy atom. The van der Waals surface area contributed by atoms with Gasteiger partial charge in [0.1, 0.15) is 12.0 Å². The monoisotopic (exact) mass is 225 g/mol. The fourth-order valence-corrected chi connectivity index (χ4v) is 1.51. The van der Waals surface area contributed by atoms with Crippen molar-refractivity contribution < 1.29 is 19.1 Å². The van der Waals surface area contributed by atoms with Crippen LogP contribution in [0, 0.1) is 0 Å². The number of nitrogens with one attached hydrogen (secondary N) is 1. The van der Waals surface area contributed by atoms with E-state index in [0.29, 0.717) is 17.9 Å². The van der Waals surface area contributed by atoms with Crippen LogP contribution in [0.5, 0.6) is 0 Å². The maximum absolute atomic E-state index is 11.2. The molecule has 0 unspecified atom stereocenters. The summed E-state index contributed by atoms with van der Waals surface area (Å²) in [6.07, 6.45) is 3.34. The van der Waals surface area contributed by atoms with Gasteiger partial charge in [-0.15, -0.1) is 0 Å². The molecule has 1 saturated carbocycles. The average molecular weight is 225 g/mol. The average Bonchev–Trinajstić information content (AvgIpc) is 2.95. The molecule has 0 atom stereocenters. The van der Waals surface area contributed by atoms with Crippen molar-refractivity contribution >= 4 is 5.97 Å². The SMILES string of the molecule is COC(=O)c1coc(CNC2(CO)CC2)c1. The van der Waals surface area contributed by atoms with Crippen molar-refractivity contribution in [2.24, 2.45) is 0 Å². The molecule has 0 saturated heterocycles. The third-order valence-corrected chi connectivity index (χ3v) is 2.87. The van der Waals surface area contributed by atoms with Gasteiger partial charge in [0, 0.05) is 5.54 Å². The van der Waals surface area contributed by atoms with E-state index in [1.54, 1.807) is 6.07 Å². The topological polar surface area (TPSA) is 71.7 Å². The van der Waals surface area contributed by atoms with Crippen LogP contribution in [0.25, 0.3) is 0 Å². The highest BCUT2D eigenvalue weighted by atomic mass is 16.5. The molecule has 2 N–H and O–H groups in total. The predicted molar refractivity (Wildman–Crippen MR) is 55.9 cm³/mol. The lowest BCUT2D eigenvalue weighted by molar-refractivity contribution is 0.0600. The fourth-order valence-electron chi connectivity index (χ4n) is 1.51. The van der Waals surface area contributed by atoms with Gasteiger partial charge in [-0.05, 0) is 18.9 Å². The van der Waals surface area contributed by atoms with E-state index in [2.05, 4.69) is 10.1 Å². The maximum atomic E-state index is 11.2. The molecule has 2 rings (SSSR count). The summed E-state index contributed by atoms with van der Waals surface area (Å²) in [5.74, 6) is 0.262. The van der Waals surface area contributed by atoms with Gasteiger partial charge in [0.25, 0.3) is 0 Å². The van der Waals surface area contributed by atoms with Crippen molar-refractivity contribution in [3.05, 3.63) is 23.7 Å². The molecule has 0 radical (unpaired) electrons. The fraction of sp³-hybridized carbons (Fsp3) is 0.545. The zero-order valence-corrected chi connectivity index (χ0v) is 9.16. The standard InChI is InChI=1S/C11H15NO4/c1-15-10(14)8-4-9(16-6-8)5-12-11(7-13)2-3-11/h4,6,12-13H,2-3,5,7H2,1H3. The van der Waals surface area contributed by atoms with Crippen molar-refractivity contribution in [1.29, 1.82) is 0 Å². The van der Waals surface area contributed by atoms with Crippen LogP contribution in [0.15, 0.2) is 16.7 Å². The third-order valence-electron chi connectivity index (χ3n) is 2.87. The highest BCUT2D eigenvalue weighted by Gasteiger charge is 2.41. The van der Waals surface area contributed by atoms with Crippen molar-refractivity contribution in [3.8, 4) is 0 Å². The van der Waals surface area contributed by atoms with Gasteiger partial charge in [-0.25, -0.2) is 4.79 Å². The summed E-state index contributed by atoms with van der Waals surface area (Å²) in [6, 6.07) is 1.65. The van der Waals surface area contributed by atoms with Crippen LogP contribution in [0.3, 0.4) is 0 Å². The number of rotatable bonds is 5. The zero-order valence-electron chi connectivity index (χ0n) is 9.16. The number of carbonyl (C=O) groups excluding carboxylic acids is 1. The molecular formula is C11H15NO4. The van der Waals surface area contributed by atoms with E-state index in [9.17, 15) is 4.79 Å². The minimum atomic E-state index is -0.404. The molecule has 1 aromatic heterocycles. The second kappa shape index (κ2) is 4.27. The number of aliphatic hydroxyl groups excluding tert-OH is 1. The highest BCUT2D eigenvalue weighted by molar-refractivity contribution is 5.88. The van der Waals surface area contributed by atoms with E-state index in [4.69, 9.17) is 9.52 Å². The molecule has 1 aliphatic carbocycles. The second-order valence-corrected chi connectivity index (χ2v) is 4.09. The largest absolute Gasteiger partial charge is 0.467 e. The number of ether oxygens (including phenoxy) is 1. The van der Waals surface area contributed by atoms with E-state index in [-0.39, 0.29) is 12.1 Å². The summed E-state index contributed by atoms with van der Waals surface area (Å²) in [7, 11) is 1.33. The first-order valence-corrected chi connectivity index (χ1v) is 5.21. The maximum Gasteiger partial charge on any atom is 0.341 e. The smallest absolute Gasteiger partial charge is 0.341 e. The molecule has 0 aromatic carbocycles. The number of aliphatic hydroxyl groups is 1. The van der Waals surface area contributed by atoms with Crippen LogP contribution < -0.4 is 5.32 Å². The summed E-state index contributed by atoms with van der Waals surface area (Å²) < 4.78 is 9.78. The molecule has 16 heavy (non-hydrogen) atoms. The van der Waals surface area contributed by atoms with Crippen LogP contribution >= 0.6 is 0 Å². The van der Waals surface area contributed by atoms with E-state index in [1.807, 2.05) is 0 Å². The first-order chi connectivity index (χ1) is 7.69. The number of hydrogen-bond acceptors (Lipinski definition) is 5.